The predicted octanol–water partition coefficient (Wildman–Crippen LogP) is 2.10. The lowest BCUT2D eigenvalue weighted by Gasteiger charge is -2.25. The summed E-state index contributed by atoms with van der Waals surface area (Å²) < 4.78 is 0. The van der Waals surface area contributed by atoms with Crippen LogP contribution in [-0.4, -0.2) is 33.0 Å². The van der Waals surface area contributed by atoms with E-state index in [1.165, 1.54) is 0 Å². The van der Waals surface area contributed by atoms with Crippen LogP contribution in [0.4, 0.5) is 17.8 Å². The topological polar surface area (TPSA) is 92.9 Å². The number of aromatic nitrogens is 4. The van der Waals surface area contributed by atoms with Gasteiger partial charge < -0.3 is 16.0 Å². The number of thiazole rings is 1. The minimum atomic E-state index is -0.373. The first-order valence-electron chi connectivity index (χ1n) is 6.91. The maximum Gasteiger partial charge on any atom is 0.231 e. The monoisotopic (exact) mass is 307 g/mol. The number of rotatable bonds is 6. The molecule has 0 amide bonds. The van der Waals surface area contributed by atoms with Gasteiger partial charge >= 0.3 is 0 Å². The van der Waals surface area contributed by atoms with Gasteiger partial charge in [-0.1, -0.05) is 0 Å². The fourth-order valence-electron chi connectivity index (χ4n) is 1.95. The molecule has 21 heavy (non-hydrogen) atoms. The number of anilines is 3. The molecule has 0 fully saturated rings. The highest BCUT2D eigenvalue weighted by Crippen LogP contribution is 2.26. The van der Waals surface area contributed by atoms with Crippen LogP contribution in [0.25, 0.3) is 0 Å². The Kier molecular flexibility index (Phi) is 4.56. The Morgan fingerprint density at radius 1 is 1.24 bits per heavy atom. The van der Waals surface area contributed by atoms with Gasteiger partial charge in [-0.2, -0.15) is 15.0 Å². The molecule has 2 aromatic heterocycles. The van der Waals surface area contributed by atoms with Crippen LogP contribution in [0.1, 0.15) is 32.7 Å². The quantitative estimate of drug-likeness (QED) is 0.844. The fraction of sp³-hybridized carbons (Fsp3) is 0.538. The van der Waals surface area contributed by atoms with E-state index in [0.717, 1.165) is 18.1 Å². The van der Waals surface area contributed by atoms with Crippen LogP contribution in [0.3, 0.4) is 0 Å². The van der Waals surface area contributed by atoms with Gasteiger partial charge in [-0.05, 0) is 27.7 Å². The third kappa shape index (κ3) is 3.57. The molecule has 0 unspecified atom stereocenters. The lowest BCUT2D eigenvalue weighted by molar-refractivity contribution is 0.596. The van der Waals surface area contributed by atoms with Gasteiger partial charge in [0, 0.05) is 24.7 Å². The second kappa shape index (κ2) is 6.21. The lowest BCUT2D eigenvalue weighted by atomic mass is 10.1. The predicted molar refractivity (Wildman–Crippen MR) is 86.6 cm³/mol. The summed E-state index contributed by atoms with van der Waals surface area (Å²) in [5.74, 6) is 1.26. The number of nitrogen functional groups attached to an aromatic ring is 1. The van der Waals surface area contributed by atoms with Gasteiger partial charge in [-0.15, -0.1) is 11.3 Å². The Morgan fingerprint density at radius 3 is 2.52 bits per heavy atom. The molecule has 0 aromatic carbocycles. The zero-order valence-electron chi connectivity index (χ0n) is 12.8. The molecule has 0 spiro atoms. The molecule has 7 nitrogen and oxygen atoms in total. The molecule has 2 aromatic rings. The van der Waals surface area contributed by atoms with Gasteiger partial charge in [0.1, 0.15) is 5.01 Å². The van der Waals surface area contributed by atoms with Gasteiger partial charge in [0.25, 0.3) is 0 Å². The van der Waals surface area contributed by atoms with Crippen LogP contribution in [0.15, 0.2) is 11.6 Å². The van der Waals surface area contributed by atoms with E-state index >= 15 is 0 Å². The molecule has 2 heterocycles. The van der Waals surface area contributed by atoms with E-state index in [9.17, 15) is 0 Å². The van der Waals surface area contributed by atoms with Crippen molar-refractivity contribution < 1.29 is 0 Å². The third-order valence-corrected chi connectivity index (χ3v) is 4.18. The summed E-state index contributed by atoms with van der Waals surface area (Å²) in [6, 6.07) is 0. The Labute approximate surface area is 128 Å². The molecule has 0 aliphatic rings. The van der Waals surface area contributed by atoms with E-state index in [0.29, 0.717) is 11.9 Å². The molecule has 0 saturated carbocycles. The zero-order chi connectivity index (χ0) is 15.5. The second-order valence-electron chi connectivity index (χ2n) is 5.08. The SMILES string of the molecule is CCN(CC)c1nc(N)nc(NC(C)(C)c2nccs2)n1. The highest BCUT2D eigenvalue weighted by Gasteiger charge is 2.25. The fourth-order valence-corrected chi connectivity index (χ4v) is 2.67. The zero-order valence-corrected chi connectivity index (χ0v) is 13.6. The Balaban J connectivity index is 2.28. The van der Waals surface area contributed by atoms with Gasteiger partial charge in [-0.3, -0.25) is 0 Å². The first-order chi connectivity index (χ1) is 9.96. The van der Waals surface area contributed by atoms with E-state index in [1.54, 1.807) is 17.5 Å². The minimum Gasteiger partial charge on any atom is -0.368 e. The van der Waals surface area contributed by atoms with Crippen molar-refractivity contribution in [1.29, 1.82) is 0 Å². The third-order valence-electron chi connectivity index (χ3n) is 3.08. The summed E-state index contributed by atoms with van der Waals surface area (Å²) in [5.41, 5.74) is 5.43. The smallest absolute Gasteiger partial charge is 0.231 e. The normalized spacial score (nSPS) is 11.4. The van der Waals surface area contributed by atoms with Crippen molar-refractivity contribution in [3.63, 3.8) is 0 Å². The average Bonchev–Trinajstić information content (AvgIpc) is 2.93. The molecule has 8 heteroatoms. The molecule has 114 valence electrons. The molecule has 0 aliphatic carbocycles. The summed E-state index contributed by atoms with van der Waals surface area (Å²) in [6.45, 7) is 9.79. The second-order valence-corrected chi connectivity index (χ2v) is 5.97. The summed E-state index contributed by atoms with van der Waals surface area (Å²) in [6.07, 6.45) is 1.78. The first kappa shape index (κ1) is 15.4. The molecule has 0 atom stereocenters. The summed E-state index contributed by atoms with van der Waals surface area (Å²) in [4.78, 5) is 19.2. The lowest BCUT2D eigenvalue weighted by Crippen LogP contribution is -2.30. The Hall–Kier alpha value is -1.96. The summed E-state index contributed by atoms with van der Waals surface area (Å²) in [5, 5.41) is 6.19. The molecule has 2 rings (SSSR count). The number of nitrogens with zero attached hydrogens (tertiary/aromatic N) is 5. The van der Waals surface area contributed by atoms with Crippen molar-refractivity contribution >= 4 is 29.2 Å². The van der Waals surface area contributed by atoms with E-state index in [2.05, 4.69) is 39.1 Å². The van der Waals surface area contributed by atoms with Gasteiger partial charge in [0.2, 0.25) is 17.8 Å². The van der Waals surface area contributed by atoms with Crippen molar-refractivity contribution in [2.45, 2.75) is 33.2 Å². The van der Waals surface area contributed by atoms with Gasteiger partial charge in [0.15, 0.2) is 0 Å². The van der Waals surface area contributed by atoms with Gasteiger partial charge in [0.05, 0.1) is 5.54 Å². The van der Waals surface area contributed by atoms with E-state index < -0.39 is 0 Å². The van der Waals surface area contributed by atoms with Crippen molar-refractivity contribution in [2.24, 2.45) is 0 Å². The Bertz CT molecular complexity index is 578. The van der Waals surface area contributed by atoms with Crippen LogP contribution < -0.4 is 16.0 Å². The summed E-state index contributed by atoms with van der Waals surface area (Å²) >= 11 is 1.59. The molecule has 0 saturated heterocycles. The Morgan fingerprint density at radius 2 is 1.95 bits per heavy atom. The van der Waals surface area contributed by atoms with E-state index in [-0.39, 0.29) is 11.5 Å². The number of hydrogen-bond acceptors (Lipinski definition) is 8. The number of nitrogens with one attached hydrogen (secondary N) is 1. The largest absolute Gasteiger partial charge is 0.368 e. The first-order valence-corrected chi connectivity index (χ1v) is 7.79. The van der Waals surface area contributed by atoms with Crippen molar-refractivity contribution in [2.75, 3.05) is 29.0 Å². The average molecular weight is 307 g/mol. The van der Waals surface area contributed by atoms with Crippen LogP contribution >= 0.6 is 11.3 Å². The number of hydrogen-bond donors (Lipinski definition) is 2. The molecular weight excluding hydrogens is 286 g/mol. The van der Waals surface area contributed by atoms with Crippen molar-refractivity contribution in [1.82, 2.24) is 19.9 Å². The minimum absolute atomic E-state index is 0.212. The maximum atomic E-state index is 5.80. The molecule has 0 aliphatic heterocycles. The van der Waals surface area contributed by atoms with Crippen LogP contribution in [0.5, 0.6) is 0 Å². The van der Waals surface area contributed by atoms with Crippen LogP contribution in [-0.2, 0) is 5.54 Å². The van der Waals surface area contributed by atoms with E-state index in [4.69, 9.17) is 5.73 Å². The van der Waals surface area contributed by atoms with Crippen LogP contribution in [0.2, 0.25) is 0 Å². The van der Waals surface area contributed by atoms with E-state index in [1.807, 2.05) is 24.1 Å². The highest BCUT2D eigenvalue weighted by atomic mass is 32.1. The highest BCUT2D eigenvalue weighted by molar-refractivity contribution is 7.09. The maximum absolute atomic E-state index is 5.80. The van der Waals surface area contributed by atoms with Crippen molar-refractivity contribution in [3.8, 4) is 0 Å². The van der Waals surface area contributed by atoms with Gasteiger partial charge in [-0.25, -0.2) is 4.98 Å². The van der Waals surface area contributed by atoms with Crippen molar-refractivity contribution in [3.05, 3.63) is 16.6 Å². The van der Waals surface area contributed by atoms with Crippen LogP contribution in [0, 0.1) is 0 Å². The standard InChI is InChI=1S/C13H21N7S/c1-5-20(6-2)12-17-10(14)16-11(18-12)19-13(3,4)9-15-7-8-21-9/h7-8H,5-6H2,1-4H3,(H3,14,16,17,18,19). The molecule has 0 bridgehead atoms. The molecule has 0 radical (unpaired) electrons. The molecule has 3 N–H and O–H groups in total. The summed E-state index contributed by atoms with van der Waals surface area (Å²) in [7, 11) is 0. The number of nitrogens with two attached hydrogens (primary N) is 1. The molecular formula is C13H21N7S.